The summed E-state index contributed by atoms with van der Waals surface area (Å²) in [6.45, 7) is 0. The van der Waals surface area contributed by atoms with Crippen molar-refractivity contribution in [3.63, 3.8) is 0 Å². The number of alkyl halides is 3. The van der Waals surface area contributed by atoms with Crippen molar-refractivity contribution in [1.82, 2.24) is 0 Å². The van der Waals surface area contributed by atoms with Gasteiger partial charge >= 0.3 is 12.1 Å². The van der Waals surface area contributed by atoms with Crippen molar-refractivity contribution in [3.05, 3.63) is 94.5 Å². The summed E-state index contributed by atoms with van der Waals surface area (Å²) >= 11 is 5.94. The topological polar surface area (TPSA) is 75.6 Å². The summed E-state index contributed by atoms with van der Waals surface area (Å²) in [4.78, 5) is 25.4. The second-order valence-corrected chi connectivity index (χ2v) is 6.83. The summed E-state index contributed by atoms with van der Waals surface area (Å²) in [7, 11) is 0. The molecule has 0 aliphatic rings. The number of benzene rings is 3. The summed E-state index contributed by atoms with van der Waals surface area (Å²) in [6, 6.07) is 15.6. The standard InChI is InChI=1S/C22H15ClF3NO4/c23-17-11-8-15(22(24,25)26)12-18(17)27-20(29)19(13-4-2-1-3-5-13)31-21(30)14-6-9-16(28)10-7-14/h1-12,19,28H,(H,27,29). The molecule has 0 aliphatic carbocycles. The lowest BCUT2D eigenvalue weighted by Gasteiger charge is -2.19. The van der Waals surface area contributed by atoms with Gasteiger partial charge in [0.1, 0.15) is 5.75 Å². The van der Waals surface area contributed by atoms with Crippen LogP contribution in [0.1, 0.15) is 27.6 Å². The molecule has 2 N–H and O–H groups in total. The number of phenolic OH excluding ortho intramolecular Hbond substituents is 1. The Morgan fingerprint density at radius 3 is 2.23 bits per heavy atom. The molecule has 3 rings (SSSR count). The molecule has 0 spiro atoms. The van der Waals surface area contributed by atoms with Crippen molar-refractivity contribution in [3.8, 4) is 5.75 Å². The Labute approximate surface area is 180 Å². The highest BCUT2D eigenvalue weighted by atomic mass is 35.5. The number of anilines is 1. The van der Waals surface area contributed by atoms with E-state index < -0.39 is 29.7 Å². The van der Waals surface area contributed by atoms with Crippen LogP contribution >= 0.6 is 11.6 Å². The first-order chi connectivity index (χ1) is 14.6. The number of nitrogens with one attached hydrogen (secondary N) is 1. The molecule has 31 heavy (non-hydrogen) atoms. The lowest BCUT2D eigenvalue weighted by atomic mass is 10.1. The third-order valence-electron chi connectivity index (χ3n) is 4.22. The fraction of sp³-hybridized carbons (Fsp3) is 0.0909. The summed E-state index contributed by atoms with van der Waals surface area (Å²) in [6.07, 6.45) is -6.10. The number of carbonyl (C=O) groups excluding carboxylic acids is 2. The Kier molecular flexibility index (Phi) is 6.50. The average molecular weight is 450 g/mol. The van der Waals surface area contributed by atoms with E-state index in [1.807, 2.05) is 0 Å². The molecule has 5 nitrogen and oxygen atoms in total. The maximum atomic E-state index is 13.0. The van der Waals surface area contributed by atoms with Crippen LogP contribution in [0.5, 0.6) is 5.75 Å². The van der Waals surface area contributed by atoms with E-state index in [-0.39, 0.29) is 22.0 Å². The quantitative estimate of drug-likeness (QED) is 0.497. The van der Waals surface area contributed by atoms with E-state index in [1.54, 1.807) is 18.2 Å². The third kappa shape index (κ3) is 5.55. The zero-order valence-corrected chi connectivity index (χ0v) is 16.4. The molecule has 1 atom stereocenters. The van der Waals surface area contributed by atoms with Crippen molar-refractivity contribution in [2.75, 3.05) is 5.32 Å². The monoisotopic (exact) mass is 449 g/mol. The van der Waals surface area contributed by atoms with Gasteiger partial charge < -0.3 is 15.2 Å². The Bertz CT molecular complexity index is 1090. The first-order valence-electron chi connectivity index (χ1n) is 8.88. The van der Waals surface area contributed by atoms with E-state index >= 15 is 0 Å². The fourth-order valence-corrected chi connectivity index (χ4v) is 2.83. The van der Waals surface area contributed by atoms with Crippen LogP contribution in [0.4, 0.5) is 18.9 Å². The number of hydrogen-bond donors (Lipinski definition) is 2. The molecule has 0 saturated carbocycles. The van der Waals surface area contributed by atoms with Crippen LogP contribution < -0.4 is 5.32 Å². The Balaban J connectivity index is 1.89. The van der Waals surface area contributed by atoms with Crippen LogP contribution in [0.2, 0.25) is 5.02 Å². The molecular formula is C22H15ClF3NO4. The predicted octanol–water partition coefficient (Wildman–Crippen LogP) is 5.60. The van der Waals surface area contributed by atoms with Crippen LogP contribution in [-0.2, 0) is 15.7 Å². The van der Waals surface area contributed by atoms with Gasteiger partial charge in [-0.15, -0.1) is 0 Å². The van der Waals surface area contributed by atoms with Crippen LogP contribution in [-0.4, -0.2) is 17.0 Å². The van der Waals surface area contributed by atoms with E-state index in [1.165, 1.54) is 36.4 Å². The van der Waals surface area contributed by atoms with E-state index in [9.17, 15) is 27.9 Å². The van der Waals surface area contributed by atoms with Gasteiger partial charge in [-0.2, -0.15) is 13.2 Å². The Morgan fingerprint density at radius 1 is 0.968 bits per heavy atom. The summed E-state index contributed by atoms with van der Waals surface area (Å²) in [5, 5.41) is 11.5. The second kappa shape index (κ2) is 9.09. The minimum Gasteiger partial charge on any atom is -0.508 e. The summed E-state index contributed by atoms with van der Waals surface area (Å²) < 4.78 is 44.4. The first kappa shape index (κ1) is 22.2. The van der Waals surface area contributed by atoms with Gasteiger partial charge in [-0.3, -0.25) is 4.79 Å². The molecule has 3 aromatic carbocycles. The van der Waals surface area contributed by atoms with Crippen molar-refractivity contribution in [2.45, 2.75) is 12.3 Å². The predicted molar refractivity (Wildman–Crippen MR) is 108 cm³/mol. The van der Waals surface area contributed by atoms with Crippen molar-refractivity contribution < 1.29 is 32.6 Å². The first-order valence-corrected chi connectivity index (χ1v) is 9.25. The average Bonchev–Trinajstić information content (AvgIpc) is 2.73. The smallest absolute Gasteiger partial charge is 0.416 e. The summed E-state index contributed by atoms with van der Waals surface area (Å²) in [5.41, 5.74) is -0.897. The molecular weight excluding hydrogens is 435 g/mol. The normalized spacial score (nSPS) is 12.1. The molecule has 0 aliphatic heterocycles. The second-order valence-electron chi connectivity index (χ2n) is 6.42. The number of carbonyl (C=O) groups is 2. The Morgan fingerprint density at radius 2 is 1.61 bits per heavy atom. The molecule has 0 aromatic heterocycles. The molecule has 0 fully saturated rings. The largest absolute Gasteiger partial charge is 0.508 e. The Hall–Kier alpha value is -3.52. The van der Waals surface area contributed by atoms with Crippen LogP contribution in [0.25, 0.3) is 0 Å². The van der Waals surface area contributed by atoms with Gasteiger partial charge in [0.15, 0.2) is 0 Å². The maximum absolute atomic E-state index is 13.0. The van der Waals surface area contributed by atoms with E-state index in [4.69, 9.17) is 16.3 Å². The van der Waals surface area contributed by atoms with Crippen molar-refractivity contribution in [2.24, 2.45) is 0 Å². The lowest BCUT2D eigenvalue weighted by Crippen LogP contribution is -2.26. The zero-order valence-electron chi connectivity index (χ0n) is 15.7. The molecule has 0 heterocycles. The third-order valence-corrected chi connectivity index (χ3v) is 4.55. The number of rotatable bonds is 5. The van der Waals surface area contributed by atoms with Gasteiger partial charge in [-0.1, -0.05) is 41.9 Å². The number of hydrogen-bond acceptors (Lipinski definition) is 4. The molecule has 0 bridgehead atoms. The van der Waals surface area contributed by atoms with E-state index in [0.29, 0.717) is 11.6 Å². The number of esters is 1. The van der Waals surface area contributed by atoms with Crippen molar-refractivity contribution >= 4 is 29.2 Å². The molecule has 0 saturated heterocycles. The van der Waals surface area contributed by atoms with Gasteiger partial charge in [-0.25, -0.2) is 4.79 Å². The van der Waals surface area contributed by atoms with Gasteiger partial charge in [0.2, 0.25) is 6.10 Å². The minimum absolute atomic E-state index is 0.0620. The number of ether oxygens (including phenoxy) is 1. The lowest BCUT2D eigenvalue weighted by molar-refractivity contribution is -0.137. The van der Waals surface area contributed by atoms with Gasteiger partial charge in [0, 0.05) is 5.56 Å². The molecule has 3 aromatic rings. The van der Waals surface area contributed by atoms with Gasteiger partial charge in [0.25, 0.3) is 5.91 Å². The van der Waals surface area contributed by atoms with E-state index in [2.05, 4.69) is 5.32 Å². The van der Waals surface area contributed by atoms with Gasteiger partial charge in [0.05, 0.1) is 21.8 Å². The maximum Gasteiger partial charge on any atom is 0.416 e. The molecule has 9 heteroatoms. The van der Waals surface area contributed by atoms with E-state index in [0.717, 1.165) is 12.1 Å². The highest BCUT2D eigenvalue weighted by Crippen LogP contribution is 2.34. The number of amides is 1. The zero-order chi connectivity index (χ0) is 22.6. The SMILES string of the molecule is O=C(OC(C(=O)Nc1cc(C(F)(F)F)ccc1Cl)c1ccccc1)c1ccc(O)cc1. The minimum atomic E-state index is -4.63. The molecule has 0 radical (unpaired) electrons. The number of phenols is 1. The van der Waals surface area contributed by atoms with Crippen LogP contribution in [0.15, 0.2) is 72.8 Å². The van der Waals surface area contributed by atoms with Gasteiger partial charge in [-0.05, 0) is 42.5 Å². The van der Waals surface area contributed by atoms with Crippen molar-refractivity contribution in [1.29, 1.82) is 0 Å². The molecule has 160 valence electrons. The fourth-order valence-electron chi connectivity index (χ4n) is 2.67. The number of aromatic hydroxyl groups is 1. The molecule has 1 unspecified atom stereocenters. The summed E-state index contributed by atoms with van der Waals surface area (Å²) in [5.74, 6) is -1.81. The van der Waals surface area contributed by atoms with Crippen LogP contribution in [0.3, 0.4) is 0 Å². The highest BCUT2D eigenvalue weighted by molar-refractivity contribution is 6.33. The van der Waals surface area contributed by atoms with Crippen LogP contribution in [0, 0.1) is 0 Å². The number of halogens is 4. The highest BCUT2D eigenvalue weighted by Gasteiger charge is 2.32. The molecule has 1 amide bonds.